The van der Waals surface area contributed by atoms with Gasteiger partial charge in [0.1, 0.15) is 6.20 Å². The minimum atomic E-state index is -0.134. The lowest BCUT2D eigenvalue weighted by Crippen LogP contribution is -2.27. The molecule has 2 N–H and O–H groups in total. The smallest absolute Gasteiger partial charge is 0.317 e. The van der Waals surface area contributed by atoms with Gasteiger partial charge in [-0.1, -0.05) is 31.6 Å². The van der Waals surface area contributed by atoms with Gasteiger partial charge in [-0.15, -0.1) is 0 Å². The molecule has 15 heavy (non-hydrogen) atoms. The lowest BCUT2D eigenvalue weighted by molar-refractivity contribution is 0.0458. The summed E-state index contributed by atoms with van der Waals surface area (Å²) in [4.78, 5) is 4.71. The van der Waals surface area contributed by atoms with Crippen LogP contribution in [0, 0.1) is 0 Å². The first kappa shape index (κ1) is 9.86. The van der Waals surface area contributed by atoms with Gasteiger partial charge < -0.3 is 9.94 Å². The van der Waals surface area contributed by atoms with Crippen LogP contribution >= 0.6 is 0 Å². The summed E-state index contributed by atoms with van der Waals surface area (Å²) < 4.78 is 0. The Bertz CT molecular complexity index is 388. The SMILES string of the molecule is CC(C)c1cccc(N2C=C(O)ON2)c1. The summed E-state index contributed by atoms with van der Waals surface area (Å²) in [6.07, 6.45) is 1.49. The van der Waals surface area contributed by atoms with Crippen molar-refractivity contribution in [3.8, 4) is 0 Å². The molecule has 4 heteroatoms. The molecule has 0 amide bonds. The molecule has 0 saturated heterocycles. The predicted molar refractivity (Wildman–Crippen MR) is 57.9 cm³/mol. The maximum Gasteiger partial charge on any atom is 0.317 e. The molecule has 1 aromatic rings. The second-order valence-corrected chi connectivity index (χ2v) is 3.78. The zero-order chi connectivity index (χ0) is 10.8. The fraction of sp³-hybridized carbons (Fsp3) is 0.273. The van der Waals surface area contributed by atoms with Crippen molar-refractivity contribution >= 4 is 5.69 Å². The molecule has 1 aliphatic rings. The quantitative estimate of drug-likeness (QED) is 0.780. The topological polar surface area (TPSA) is 44.7 Å². The van der Waals surface area contributed by atoms with E-state index >= 15 is 0 Å². The highest BCUT2D eigenvalue weighted by Gasteiger charge is 2.14. The number of aliphatic hydroxyl groups is 1. The number of nitrogens with one attached hydrogen (secondary N) is 1. The van der Waals surface area contributed by atoms with Crippen molar-refractivity contribution in [3.63, 3.8) is 0 Å². The Balaban J connectivity index is 2.25. The van der Waals surface area contributed by atoms with E-state index < -0.39 is 0 Å². The fourth-order valence-electron chi connectivity index (χ4n) is 1.42. The van der Waals surface area contributed by atoms with E-state index in [1.165, 1.54) is 11.8 Å². The van der Waals surface area contributed by atoms with Gasteiger partial charge in [0, 0.05) is 0 Å². The molecule has 1 aromatic carbocycles. The molecule has 0 saturated carbocycles. The Morgan fingerprint density at radius 2 is 2.20 bits per heavy atom. The molecule has 1 heterocycles. The van der Waals surface area contributed by atoms with Gasteiger partial charge in [0.15, 0.2) is 0 Å². The number of nitrogens with zero attached hydrogens (tertiary/aromatic N) is 1. The molecular weight excluding hydrogens is 192 g/mol. The number of hydrogen-bond donors (Lipinski definition) is 2. The molecule has 1 aliphatic heterocycles. The van der Waals surface area contributed by atoms with Crippen LogP contribution in [0.5, 0.6) is 0 Å². The predicted octanol–water partition coefficient (Wildman–Crippen LogP) is 2.42. The number of hydrogen-bond acceptors (Lipinski definition) is 4. The largest absolute Gasteiger partial charge is 0.479 e. The molecule has 0 aromatic heterocycles. The highest BCUT2D eigenvalue weighted by Crippen LogP contribution is 2.22. The average Bonchev–Trinajstić information content (AvgIpc) is 2.65. The Morgan fingerprint density at radius 1 is 1.40 bits per heavy atom. The van der Waals surface area contributed by atoms with E-state index in [4.69, 9.17) is 9.94 Å². The summed E-state index contributed by atoms with van der Waals surface area (Å²) >= 11 is 0. The fourth-order valence-corrected chi connectivity index (χ4v) is 1.42. The van der Waals surface area contributed by atoms with Crippen LogP contribution in [-0.2, 0) is 4.84 Å². The molecule has 80 valence electrons. The van der Waals surface area contributed by atoms with Crippen molar-refractivity contribution in [2.45, 2.75) is 19.8 Å². The molecule has 0 fully saturated rings. The average molecular weight is 206 g/mol. The van der Waals surface area contributed by atoms with Gasteiger partial charge in [-0.25, -0.2) is 5.01 Å². The maximum absolute atomic E-state index is 9.07. The molecule has 0 unspecified atom stereocenters. The number of aliphatic hydroxyl groups excluding tert-OH is 1. The highest BCUT2D eigenvalue weighted by molar-refractivity contribution is 5.50. The molecule has 0 bridgehead atoms. The van der Waals surface area contributed by atoms with E-state index in [0.717, 1.165) is 5.69 Å². The van der Waals surface area contributed by atoms with Crippen molar-refractivity contribution in [3.05, 3.63) is 42.0 Å². The first-order valence-corrected chi connectivity index (χ1v) is 4.89. The van der Waals surface area contributed by atoms with E-state index in [1.807, 2.05) is 12.1 Å². The Labute approximate surface area is 88.7 Å². The van der Waals surface area contributed by atoms with Gasteiger partial charge in [0.05, 0.1) is 5.69 Å². The highest BCUT2D eigenvalue weighted by atomic mass is 16.8. The van der Waals surface area contributed by atoms with Crippen LogP contribution in [0.2, 0.25) is 0 Å². The van der Waals surface area contributed by atoms with Crippen molar-refractivity contribution in [1.29, 1.82) is 0 Å². The van der Waals surface area contributed by atoms with Crippen molar-refractivity contribution in [2.24, 2.45) is 0 Å². The van der Waals surface area contributed by atoms with Gasteiger partial charge >= 0.3 is 5.95 Å². The van der Waals surface area contributed by atoms with Gasteiger partial charge in [0.25, 0.3) is 0 Å². The van der Waals surface area contributed by atoms with Crippen LogP contribution in [0.15, 0.2) is 36.4 Å². The molecular formula is C11H14N2O2. The standard InChI is InChI=1S/C11H14N2O2/c1-8(2)9-4-3-5-10(6-9)13-7-11(14)15-12-13/h3-8,12,14H,1-2H3. The number of rotatable bonds is 2. The van der Waals surface area contributed by atoms with Crippen molar-refractivity contribution in [1.82, 2.24) is 5.59 Å². The Kier molecular flexibility index (Phi) is 2.51. The summed E-state index contributed by atoms with van der Waals surface area (Å²) in [7, 11) is 0. The van der Waals surface area contributed by atoms with Gasteiger partial charge in [-0.3, -0.25) is 0 Å². The van der Waals surface area contributed by atoms with Crippen molar-refractivity contribution in [2.75, 3.05) is 5.01 Å². The van der Waals surface area contributed by atoms with Crippen LogP contribution in [0.4, 0.5) is 5.69 Å². The lowest BCUT2D eigenvalue weighted by atomic mass is 10.0. The van der Waals surface area contributed by atoms with E-state index in [0.29, 0.717) is 5.92 Å². The molecule has 0 radical (unpaired) electrons. The minimum Gasteiger partial charge on any atom is -0.479 e. The van der Waals surface area contributed by atoms with Gasteiger partial charge in [0.2, 0.25) is 0 Å². The lowest BCUT2D eigenvalue weighted by Gasteiger charge is -2.15. The number of anilines is 1. The zero-order valence-electron chi connectivity index (χ0n) is 8.77. The maximum atomic E-state index is 9.07. The van der Waals surface area contributed by atoms with E-state index in [-0.39, 0.29) is 5.95 Å². The van der Waals surface area contributed by atoms with Crippen LogP contribution in [0.25, 0.3) is 0 Å². The van der Waals surface area contributed by atoms with Crippen LogP contribution < -0.4 is 10.6 Å². The van der Waals surface area contributed by atoms with E-state index in [2.05, 4.69) is 31.6 Å². The Morgan fingerprint density at radius 3 is 2.80 bits per heavy atom. The third-order valence-electron chi connectivity index (χ3n) is 2.30. The van der Waals surface area contributed by atoms with E-state index in [1.54, 1.807) is 5.01 Å². The normalized spacial score (nSPS) is 15.4. The number of benzene rings is 1. The Hall–Kier alpha value is -1.68. The number of hydrazine groups is 1. The summed E-state index contributed by atoms with van der Waals surface area (Å²) in [6.45, 7) is 4.28. The van der Waals surface area contributed by atoms with Crippen LogP contribution in [-0.4, -0.2) is 5.11 Å². The third kappa shape index (κ3) is 2.05. The van der Waals surface area contributed by atoms with Gasteiger partial charge in [-0.05, 0) is 23.6 Å². The summed E-state index contributed by atoms with van der Waals surface area (Å²) in [5.41, 5.74) is 4.76. The molecule has 4 nitrogen and oxygen atoms in total. The third-order valence-corrected chi connectivity index (χ3v) is 2.30. The first-order valence-electron chi connectivity index (χ1n) is 4.89. The van der Waals surface area contributed by atoms with Crippen molar-refractivity contribution < 1.29 is 9.94 Å². The molecule has 0 aliphatic carbocycles. The monoisotopic (exact) mass is 206 g/mol. The van der Waals surface area contributed by atoms with Crippen LogP contribution in [0.3, 0.4) is 0 Å². The molecule has 0 spiro atoms. The zero-order valence-corrected chi connectivity index (χ0v) is 8.77. The second kappa shape index (κ2) is 3.82. The molecule has 0 atom stereocenters. The summed E-state index contributed by atoms with van der Waals surface area (Å²) in [5, 5.41) is 10.7. The summed E-state index contributed by atoms with van der Waals surface area (Å²) in [6, 6.07) is 8.05. The minimum absolute atomic E-state index is 0.134. The summed E-state index contributed by atoms with van der Waals surface area (Å²) in [5.74, 6) is 0.344. The van der Waals surface area contributed by atoms with E-state index in [9.17, 15) is 0 Å². The molecule has 2 rings (SSSR count). The first-order chi connectivity index (χ1) is 7.16. The van der Waals surface area contributed by atoms with Gasteiger partial charge in [-0.2, -0.15) is 0 Å². The van der Waals surface area contributed by atoms with Crippen LogP contribution in [0.1, 0.15) is 25.3 Å². The second-order valence-electron chi connectivity index (χ2n) is 3.78.